The largest absolute Gasteiger partial charge is 0.420 e. The van der Waals surface area contributed by atoms with Gasteiger partial charge in [0.05, 0.1) is 26.3 Å². The summed E-state index contributed by atoms with van der Waals surface area (Å²) in [6.07, 6.45) is 6.42. The minimum Gasteiger partial charge on any atom is -0.420 e. The van der Waals surface area contributed by atoms with Crippen LogP contribution in [-0.2, 0) is 16.3 Å². The Labute approximate surface area is 462 Å². The van der Waals surface area contributed by atoms with E-state index < -0.39 is 44.2 Å². The van der Waals surface area contributed by atoms with Crippen molar-refractivity contribution in [3.63, 3.8) is 0 Å². The molecule has 4 heterocycles. The van der Waals surface area contributed by atoms with E-state index in [4.69, 9.17) is 4.72 Å². The smallest absolute Gasteiger partial charge is 0.313 e. The first-order valence-electron chi connectivity index (χ1n) is 25.1. The molecular weight excluding hydrogens is 1030 g/mol. The second-order valence-corrected chi connectivity index (χ2v) is 20.7. The lowest BCUT2D eigenvalue weighted by Crippen LogP contribution is -2.14. The number of hydrogen-bond donors (Lipinski definition) is 1. The molecule has 0 aliphatic carbocycles. The van der Waals surface area contributed by atoms with Crippen LogP contribution < -0.4 is 4.72 Å². The van der Waals surface area contributed by atoms with E-state index in [-0.39, 0.29) is 20.9 Å². The fourth-order valence-electron chi connectivity index (χ4n) is 9.43. The van der Waals surface area contributed by atoms with Crippen LogP contribution in [0, 0.1) is 37.1 Å². The number of hydrogen-bond acceptors (Lipinski definition) is 5. The zero-order valence-electron chi connectivity index (χ0n) is 43.5. The van der Waals surface area contributed by atoms with E-state index in [0.717, 1.165) is 46.8 Å². The summed E-state index contributed by atoms with van der Waals surface area (Å²) in [4.78, 5) is 9.60. The van der Waals surface area contributed by atoms with Crippen LogP contribution in [0.4, 0.5) is 17.6 Å². The van der Waals surface area contributed by atoms with Gasteiger partial charge in [0.1, 0.15) is 0 Å². The lowest BCUT2D eigenvalue weighted by molar-refractivity contribution is 0.436. The maximum Gasteiger partial charge on any atom is 0.313 e. The van der Waals surface area contributed by atoms with E-state index in [9.17, 15) is 26.0 Å². The first-order chi connectivity index (χ1) is 37.9. The van der Waals surface area contributed by atoms with Crippen LogP contribution in [0.3, 0.4) is 0 Å². The van der Waals surface area contributed by atoms with E-state index in [0.29, 0.717) is 16.2 Å². The number of pyridine rings is 2. The Hall–Kier alpha value is -8.54. The molecule has 0 unspecified atom stereocenters. The summed E-state index contributed by atoms with van der Waals surface area (Å²) >= 11 is 0.250. The topological polar surface area (TPSA) is 122 Å². The number of nitrogens with two attached hydrogens (primary N) is 1. The number of rotatable bonds is 1. The highest BCUT2D eigenvalue weighted by Gasteiger charge is 2.28. The molecular formula is C66H54AlF4N4O3S. The SMILES string of the molecule is Cc1c(F)c(F)c(C)c(F)c1F.O.O=S1(=O)c2ccccc2Cc2ccccc21.[CH3][Al][NH2].c1ccc(-n2ccc3ccccc32)cc1.c1ccc2c(c1)c1ccccc1c1ccccc21.c1cnc2c(c1)ccc1cccnc12. The number of benzene rings is 10. The molecule has 0 atom stereocenters. The van der Waals surface area contributed by atoms with Crippen LogP contribution in [0.5, 0.6) is 0 Å². The molecule has 14 rings (SSSR count). The molecule has 393 valence electrons. The second kappa shape index (κ2) is 25.7. The van der Waals surface area contributed by atoms with Crippen molar-refractivity contribution in [2.24, 2.45) is 4.72 Å². The molecule has 0 amide bonds. The summed E-state index contributed by atoms with van der Waals surface area (Å²) < 4.78 is 82.3. The van der Waals surface area contributed by atoms with E-state index in [1.165, 1.54) is 48.9 Å². The molecule has 3 aromatic heterocycles. The monoisotopic (exact) mass is 1090 g/mol. The summed E-state index contributed by atoms with van der Waals surface area (Å²) in [5.74, 6) is -3.32. The first-order valence-corrected chi connectivity index (χ1v) is 28.4. The molecule has 0 bridgehead atoms. The quantitative estimate of drug-likeness (QED) is 0.0759. The third-order valence-corrected chi connectivity index (χ3v) is 15.2. The van der Waals surface area contributed by atoms with E-state index >= 15 is 0 Å². The van der Waals surface area contributed by atoms with E-state index in [1.807, 2.05) is 48.3 Å². The minimum atomic E-state index is -3.30. The highest BCUT2D eigenvalue weighted by atomic mass is 32.2. The van der Waals surface area contributed by atoms with Crippen molar-refractivity contribution in [3.05, 3.63) is 283 Å². The number of fused-ring (bicyclic) bond motifs is 12. The first kappa shape index (κ1) is 56.7. The van der Waals surface area contributed by atoms with Gasteiger partial charge in [0.15, 0.2) is 23.3 Å². The molecule has 4 N–H and O–H groups in total. The molecule has 13 aromatic rings. The maximum absolute atomic E-state index is 12.7. The van der Waals surface area contributed by atoms with Gasteiger partial charge in [-0.3, -0.25) is 9.97 Å². The van der Waals surface area contributed by atoms with Crippen molar-refractivity contribution in [2.75, 3.05) is 0 Å². The third kappa shape index (κ3) is 12.1. The van der Waals surface area contributed by atoms with Crippen molar-refractivity contribution in [2.45, 2.75) is 35.8 Å². The van der Waals surface area contributed by atoms with Crippen LogP contribution in [0.2, 0.25) is 5.79 Å². The molecule has 79 heavy (non-hydrogen) atoms. The predicted octanol–water partition coefficient (Wildman–Crippen LogP) is 15.6. The number of aromatic nitrogens is 3. The van der Waals surface area contributed by atoms with Crippen molar-refractivity contribution in [1.29, 1.82) is 0 Å². The Morgan fingerprint density at radius 2 is 0.785 bits per heavy atom. The van der Waals surface area contributed by atoms with Gasteiger partial charge in [0.2, 0.25) is 9.84 Å². The fraction of sp³-hybridized carbons (Fsp3) is 0.0606. The Kier molecular flexibility index (Phi) is 18.5. The Balaban J connectivity index is 0.000000129. The molecule has 1 radical (unpaired) electrons. The van der Waals surface area contributed by atoms with Crippen LogP contribution in [0.15, 0.2) is 247 Å². The average molecular weight is 1090 g/mol. The molecule has 7 nitrogen and oxygen atoms in total. The highest BCUT2D eigenvalue weighted by molar-refractivity contribution is 7.91. The van der Waals surface area contributed by atoms with Gasteiger partial charge in [-0.1, -0.05) is 176 Å². The lowest BCUT2D eigenvalue weighted by Gasteiger charge is -2.19. The summed E-state index contributed by atoms with van der Waals surface area (Å²) in [6, 6.07) is 73.5. The summed E-state index contributed by atoms with van der Waals surface area (Å²) in [7, 11) is -3.30. The predicted molar refractivity (Wildman–Crippen MR) is 316 cm³/mol. The lowest BCUT2D eigenvalue weighted by atomic mass is 9.95. The molecule has 13 heteroatoms. The number of halogens is 4. The molecule has 0 spiro atoms. The molecule has 1 aliphatic rings. The molecule has 1 aliphatic heterocycles. The normalized spacial score (nSPS) is 11.6. The van der Waals surface area contributed by atoms with Gasteiger partial charge in [-0.25, -0.2) is 26.0 Å². The summed E-state index contributed by atoms with van der Waals surface area (Å²) in [5.41, 5.74) is 4.94. The Morgan fingerprint density at radius 3 is 1.20 bits per heavy atom. The van der Waals surface area contributed by atoms with Crippen LogP contribution in [-0.4, -0.2) is 43.9 Å². The van der Waals surface area contributed by atoms with E-state index in [1.54, 1.807) is 36.7 Å². The second-order valence-electron chi connectivity index (χ2n) is 18.2. The van der Waals surface area contributed by atoms with Crippen molar-refractivity contribution in [3.8, 4) is 5.69 Å². The molecule has 10 aromatic carbocycles. The van der Waals surface area contributed by atoms with Gasteiger partial charge in [0, 0.05) is 52.6 Å². The van der Waals surface area contributed by atoms with Gasteiger partial charge < -0.3 is 14.8 Å². The average Bonchev–Trinajstić information content (AvgIpc) is 4.14. The fourth-order valence-corrected chi connectivity index (χ4v) is 11.2. The number of para-hydroxylation sites is 2. The van der Waals surface area contributed by atoms with Crippen LogP contribution >= 0.6 is 0 Å². The maximum atomic E-state index is 12.7. The third-order valence-electron chi connectivity index (χ3n) is 13.2. The number of nitrogens with zero attached hydrogens (tertiary/aromatic N) is 3. The Bertz CT molecular complexity index is 3940. The number of sulfone groups is 1. The van der Waals surface area contributed by atoms with Crippen LogP contribution in [0.25, 0.3) is 70.7 Å². The van der Waals surface area contributed by atoms with Crippen molar-refractivity contribution < 1.29 is 31.5 Å². The van der Waals surface area contributed by atoms with Crippen molar-refractivity contribution in [1.82, 2.24) is 14.5 Å². The van der Waals surface area contributed by atoms with Gasteiger partial charge in [0.25, 0.3) is 0 Å². The Morgan fingerprint density at radius 1 is 0.443 bits per heavy atom. The van der Waals surface area contributed by atoms with Gasteiger partial charge in [-0.2, -0.15) is 0 Å². The van der Waals surface area contributed by atoms with Crippen molar-refractivity contribution >= 4 is 90.3 Å². The zero-order valence-corrected chi connectivity index (χ0v) is 45.4. The molecule has 0 saturated carbocycles. The van der Waals surface area contributed by atoms with Crippen LogP contribution in [0.1, 0.15) is 22.3 Å². The van der Waals surface area contributed by atoms with Gasteiger partial charge in [-0.05, 0) is 111 Å². The minimum absolute atomic E-state index is 0. The molecule has 0 saturated heterocycles. The van der Waals surface area contributed by atoms with Gasteiger partial charge in [-0.15, -0.1) is 0 Å². The van der Waals surface area contributed by atoms with Gasteiger partial charge >= 0.3 is 15.4 Å². The zero-order chi connectivity index (χ0) is 54.8. The highest BCUT2D eigenvalue weighted by Crippen LogP contribution is 2.36. The summed E-state index contributed by atoms with van der Waals surface area (Å²) in [6.45, 7) is 1.96. The standard InChI is InChI=1S/C18H12.C14H11N.C13H10O2S.C12H8N2.C8H6F4.CH3.Al.H2N.H2O/c1-2-8-14-13(7-1)15-9-3-4-11-17(15)18-12-6-5-10-16(14)18;1-2-7-13(8-3-1)15-11-10-12-6-4-5-9-14(12)15;14-16(15)12-7-3-1-5-10(12)9-11-6-2-4-8-13(11)16;1-3-9-5-6-10-4-2-8-14-12(10)11(9)13-7-1;1-3-5(9)7(11)4(2)8(12)6(3)10;;;;/h1-12H;1-11H;1-8H,9H2;1-8H;1-2H3;1H3;;2*1H2/q;;;;;;+1;-1;. The molecule has 0 fully saturated rings. The summed E-state index contributed by atoms with van der Waals surface area (Å²) in [5, 5.41) is 11.6. The van der Waals surface area contributed by atoms with E-state index in [2.05, 4.69) is 172 Å².